The van der Waals surface area contributed by atoms with Crippen LogP contribution >= 0.6 is 7.82 Å². The van der Waals surface area contributed by atoms with Crippen molar-refractivity contribution in [3.8, 4) is 0 Å². The Balaban J connectivity index is 4.07. The van der Waals surface area contributed by atoms with Crippen LogP contribution in [-0.4, -0.2) is 73.4 Å². The molecule has 82 heavy (non-hydrogen) atoms. The van der Waals surface area contributed by atoms with E-state index in [1.165, 1.54) is 244 Å². The summed E-state index contributed by atoms with van der Waals surface area (Å²) >= 11 is 0. The molecule has 8 nitrogen and oxygen atoms in total. The lowest BCUT2D eigenvalue weighted by molar-refractivity contribution is -0.870. The van der Waals surface area contributed by atoms with E-state index in [1.807, 2.05) is 27.2 Å². The van der Waals surface area contributed by atoms with Gasteiger partial charge in [0.15, 0.2) is 0 Å². The number of aliphatic hydroxyl groups is 1. The fourth-order valence-electron chi connectivity index (χ4n) is 10.5. The topological polar surface area (TPSA) is 105 Å². The lowest BCUT2D eigenvalue weighted by Crippen LogP contribution is -2.45. The van der Waals surface area contributed by atoms with Gasteiger partial charge in [-0.15, -0.1) is 0 Å². The molecule has 0 saturated heterocycles. The maximum Gasteiger partial charge on any atom is 0.472 e. The van der Waals surface area contributed by atoms with Crippen LogP contribution in [0.1, 0.15) is 335 Å². The van der Waals surface area contributed by atoms with Crippen LogP contribution in [0.5, 0.6) is 0 Å². The zero-order chi connectivity index (χ0) is 59.8. The van der Waals surface area contributed by atoms with E-state index in [0.717, 1.165) is 70.6 Å². The highest BCUT2D eigenvalue weighted by Gasteiger charge is 2.28. The summed E-state index contributed by atoms with van der Waals surface area (Å²) in [6.45, 7) is 4.75. The third kappa shape index (κ3) is 65.5. The molecule has 0 bridgehead atoms. The van der Waals surface area contributed by atoms with E-state index in [-0.39, 0.29) is 19.1 Å². The lowest BCUT2D eigenvalue weighted by atomic mass is 10.0. The second kappa shape index (κ2) is 63.4. The predicted molar refractivity (Wildman–Crippen MR) is 360 cm³/mol. The van der Waals surface area contributed by atoms with Crippen molar-refractivity contribution in [1.82, 2.24) is 5.32 Å². The average Bonchev–Trinajstić information content (AvgIpc) is 3.47. The molecule has 0 fully saturated rings. The first-order valence-electron chi connectivity index (χ1n) is 35.3. The van der Waals surface area contributed by atoms with Crippen molar-refractivity contribution >= 4 is 13.7 Å². The van der Waals surface area contributed by atoms with Gasteiger partial charge in [-0.3, -0.25) is 13.8 Å². The molecule has 3 N–H and O–H groups in total. The quantitative estimate of drug-likeness (QED) is 0.0243. The van der Waals surface area contributed by atoms with E-state index in [9.17, 15) is 19.4 Å². The van der Waals surface area contributed by atoms with Crippen molar-refractivity contribution < 1.29 is 32.9 Å². The number of amides is 1. The standard InChI is InChI=1S/C73H137N2O6P/c1-6-8-10-12-14-16-18-20-22-24-26-28-30-32-34-36-37-39-41-43-45-47-49-51-53-55-57-59-61-63-65-67-73(77)74-71(70-81-82(78,79)80-69-68-75(3,4)5)72(76)66-64-62-60-58-56-54-52-50-48-46-44-42-40-38-35-33-31-29-27-25-23-21-19-17-15-13-11-9-7-2/h8,10,14,16,20,22,26,28,32,34,64,66,71-72,76H,6-7,9,11-13,15,17-19,21,23-25,27,29-31,33,35-63,65,67-70H2,1-5H3,(H-,74,77,78,79)/p+1/b10-8-,16-14-,22-20-,28-26-,34-32-,66-64+. The fraction of sp³-hybridized carbons (Fsp3) is 0.822. The number of likely N-dealkylation sites (N-methyl/N-ethyl adjacent to an activating group) is 1. The fourth-order valence-corrected chi connectivity index (χ4v) is 11.2. The molecule has 0 aromatic heterocycles. The van der Waals surface area contributed by atoms with Gasteiger partial charge in [0.05, 0.1) is 39.9 Å². The Morgan fingerprint density at radius 3 is 1.07 bits per heavy atom. The number of hydrogen-bond donors (Lipinski definition) is 3. The van der Waals surface area contributed by atoms with E-state index in [2.05, 4.69) is 79.9 Å². The first-order chi connectivity index (χ1) is 40.0. The summed E-state index contributed by atoms with van der Waals surface area (Å²) in [5, 5.41) is 14.0. The highest BCUT2D eigenvalue weighted by atomic mass is 31.2. The molecular formula is C73H138N2O6P+. The monoisotopic (exact) mass is 1170 g/mol. The smallest absolute Gasteiger partial charge is 0.387 e. The Morgan fingerprint density at radius 2 is 0.732 bits per heavy atom. The van der Waals surface area contributed by atoms with Gasteiger partial charge >= 0.3 is 7.82 Å². The second-order valence-electron chi connectivity index (χ2n) is 25.2. The Hall–Kier alpha value is -2.06. The SMILES string of the molecule is CC/C=C\C/C=C\C/C=C\C/C=C\C/C=C\CCCCCCCCCCCCCCCCCC(=O)NC(COP(=O)(O)OCC[N+](C)(C)C)C(O)/C=C/CCCCCCCCCCCCCCCCCCCCCCCCCCCCC. The van der Waals surface area contributed by atoms with Crippen LogP contribution in [0.3, 0.4) is 0 Å². The summed E-state index contributed by atoms with van der Waals surface area (Å²) in [7, 11) is 1.58. The van der Waals surface area contributed by atoms with Crippen LogP contribution in [0.2, 0.25) is 0 Å². The number of nitrogens with one attached hydrogen (secondary N) is 1. The van der Waals surface area contributed by atoms with Crippen molar-refractivity contribution in [2.45, 2.75) is 347 Å². The van der Waals surface area contributed by atoms with Gasteiger partial charge in [-0.05, 0) is 64.2 Å². The third-order valence-electron chi connectivity index (χ3n) is 15.9. The molecule has 9 heteroatoms. The van der Waals surface area contributed by atoms with E-state index < -0.39 is 20.0 Å². The molecular weight excluding hydrogens is 1030 g/mol. The van der Waals surface area contributed by atoms with Crippen molar-refractivity contribution in [3.05, 3.63) is 72.9 Å². The average molecular weight is 1170 g/mol. The Bertz CT molecular complexity index is 1570. The number of hydrogen-bond acceptors (Lipinski definition) is 5. The molecule has 3 unspecified atom stereocenters. The molecule has 0 aliphatic heterocycles. The first kappa shape index (κ1) is 79.9. The normalized spacial score (nSPS) is 14.1. The number of carbonyl (C=O) groups is 1. The lowest BCUT2D eigenvalue weighted by Gasteiger charge is -2.25. The molecule has 0 spiro atoms. The number of rotatable bonds is 65. The van der Waals surface area contributed by atoms with Gasteiger partial charge in [0, 0.05) is 6.42 Å². The van der Waals surface area contributed by atoms with Crippen molar-refractivity contribution in [1.29, 1.82) is 0 Å². The van der Waals surface area contributed by atoms with Crippen LogP contribution in [-0.2, 0) is 18.4 Å². The number of allylic oxidation sites excluding steroid dienone is 11. The molecule has 0 aromatic carbocycles. The maximum absolute atomic E-state index is 13.1. The number of nitrogens with zero attached hydrogens (tertiary/aromatic N) is 1. The molecule has 1 amide bonds. The summed E-state index contributed by atoms with van der Waals surface area (Å²) in [5.74, 6) is -0.174. The van der Waals surface area contributed by atoms with Crippen LogP contribution in [0.4, 0.5) is 0 Å². The summed E-state index contributed by atoms with van der Waals surface area (Å²) in [4.78, 5) is 23.4. The minimum atomic E-state index is -4.36. The molecule has 0 aliphatic carbocycles. The molecule has 0 rings (SSSR count). The van der Waals surface area contributed by atoms with Crippen LogP contribution in [0.25, 0.3) is 0 Å². The van der Waals surface area contributed by atoms with Crippen LogP contribution < -0.4 is 5.32 Å². The molecule has 0 aliphatic rings. The Labute approximate surface area is 510 Å². The van der Waals surface area contributed by atoms with Gasteiger partial charge in [-0.25, -0.2) is 4.57 Å². The number of aliphatic hydroxyl groups excluding tert-OH is 1. The molecule has 0 heterocycles. The molecule has 0 aromatic rings. The van der Waals surface area contributed by atoms with Crippen LogP contribution in [0.15, 0.2) is 72.9 Å². The van der Waals surface area contributed by atoms with Crippen molar-refractivity contribution in [3.63, 3.8) is 0 Å². The maximum atomic E-state index is 13.1. The Kier molecular flexibility index (Phi) is 61.8. The van der Waals surface area contributed by atoms with E-state index >= 15 is 0 Å². The summed E-state index contributed by atoms with van der Waals surface area (Å²) in [5.41, 5.74) is 0. The van der Waals surface area contributed by atoms with E-state index in [1.54, 1.807) is 6.08 Å². The first-order valence-corrected chi connectivity index (χ1v) is 36.8. The minimum absolute atomic E-state index is 0.0606. The number of unbranched alkanes of at least 4 members (excludes halogenated alkanes) is 42. The highest BCUT2D eigenvalue weighted by molar-refractivity contribution is 7.47. The van der Waals surface area contributed by atoms with Crippen molar-refractivity contribution in [2.24, 2.45) is 0 Å². The minimum Gasteiger partial charge on any atom is -0.387 e. The highest BCUT2D eigenvalue weighted by Crippen LogP contribution is 2.43. The zero-order valence-corrected chi connectivity index (χ0v) is 55.9. The molecule has 3 atom stereocenters. The summed E-state index contributed by atoms with van der Waals surface area (Å²) < 4.78 is 23.8. The number of phosphoric acid groups is 1. The molecule has 0 radical (unpaired) electrons. The number of carbonyl (C=O) groups excluding carboxylic acids is 1. The predicted octanol–water partition coefficient (Wildman–Crippen LogP) is 22.6. The Morgan fingerprint density at radius 1 is 0.427 bits per heavy atom. The summed E-state index contributed by atoms with van der Waals surface area (Å²) in [6.07, 6.45) is 89.0. The summed E-state index contributed by atoms with van der Waals surface area (Å²) in [6, 6.07) is -0.851. The van der Waals surface area contributed by atoms with Gasteiger partial charge in [0.2, 0.25) is 5.91 Å². The molecule has 480 valence electrons. The van der Waals surface area contributed by atoms with Gasteiger partial charge < -0.3 is 19.8 Å². The zero-order valence-electron chi connectivity index (χ0n) is 55.0. The van der Waals surface area contributed by atoms with Gasteiger partial charge in [-0.1, -0.05) is 337 Å². The molecule has 0 saturated carbocycles. The number of phosphoric ester groups is 1. The largest absolute Gasteiger partial charge is 0.472 e. The second-order valence-corrected chi connectivity index (χ2v) is 26.7. The van der Waals surface area contributed by atoms with Gasteiger partial charge in [-0.2, -0.15) is 0 Å². The van der Waals surface area contributed by atoms with E-state index in [4.69, 9.17) is 9.05 Å². The van der Waals surface area contributed by atoms with E-state index in [0.29, 0.717) is 17.4 Å². The van der Waals surface area contributed by atoms with Gasteiger partial charge in [0.1, 0.15) is 13.2 Å². The number of quaternary nitrogens is 1. The van der Waals surface area contributed by atoms with Crippen LogP contribution in [0, 0.1) is 0 Å². The van der Waals surface area contributed by atoms with Crippen molar-refractivity contribution in [2.75, 3.05) is 40.9 Å². The van der Waals surface area contributed by atoms with Gasteiger partial charge in [0.25, 0.3) is 0 Å². The third-order valence-corrected chi connectivity index (χ3v) is 16.9.